The summed E-state index contributed by atoms with van der Waals surface area (Å²) in [6.07, 6.45) is 2.79. The van der Waals surface area contributed by atoms with Gasteiger partial charge in [0, 0.05) is 6.04 Å². The van der Waals surface area contributed by atoms with E-state index in [1.54, 1.807) is 0 Å². The van der Waals surface area contributed by atoms with Crippen LogP contribution in [-0.4, -0.2) is 13.1 Å². The van der Waals surface area contributed by atoms with E-state index in [-0.39, 0.29) is 0 Å². The molecule has 54 valence electrons. The molecule has 1 fully saturated rings. The van der Waals surface area contributed by atoms with Crippen LogP contribution in [0.15, 0.2) is 0 Å². The molecule has 0 aromatic carbocycles. The zero-order valence-electron chi connectivity index (χ0n) is 6.65. The SMILES string of the molecule is CN[C@H]1C[C@H](C(C)C)C1. The minimum atomic E-state index is 0.831. The highest BCUT2D eigenvalue weighted by molar-refractivity contribution is 4.85. The Morgan fingerprint density at radius 1 is 1.33 bits per heavy atom. The van der Waals surface area contributed by atoms with E-state index >= 15 is 0 Å². The fourth-order valence-corrected chi connectivity index (χ4v) is 1.44. The Bertz CT molecular complexity index is 82.6. The molecule has 0 saturated heterocycles. The summed E-state index contributed by atoms with van der Waals surface area (Å²) in [5.41, 5.74) is 0. The summed E-state index contributed by atoms with van der Waals surface area (Å²) in [5, 5.41) is 3.29. The van der Waals surface area contributed by atoms with Crippen molar-refractivity contribution < 1.29 is 0 Å². The van der Waals surface area contributed by atoms with E-state index in [0.717, 1.165) is 17.9 Å². The average molecular weight is 127 g/mol. The number of hydrogen-bond acceptors (Lipinski definition) is 1. The van der Waals surface area contributed by atoms with Gasteiger partial charge in [0.1, 0.15) is 0 Å². The third kappa shape index (κ3) is 1.45. The van der Waals surface area contributed by atoms with E-state index < -0.39 is 0 Å². The van der Waals surface area contributed by atoms with Gasteiger partial charge in [-0.3, -0.25) is 0 Å². The van der Waals surface area contributed by atoms with Crippen LogP contribution in [-0.2, 0) is 0 Å². The Morgan fingerprint density at radius 3 is 2.22 bits per heavy atom. The topological polar surface area (TPSA) is 12.0 Å². The lowest BCUT2D eigenvalue weighted by atomic mass is 9.74. The van der Waals surface area contributed by atoms with Crippen molar-refractivity contribution in [3.63, 3.8) is 0 Å². The fourth-order valence-electron chi connectivity index (χ4n) is 1.44. The molecule has 1 aliphatic carbocycles. The second kappa shape index (κ2) is 2.70. The van der Waals surface area contributed by atoms with Crippen LogP contribution in [0.2, 0.25) is 0 Å². The van der Waals surface area contributed by atoms with Crippen molar-refractivity contribution in [3.05, 3.63) is 0 Å². The standard InChI is InChI=1S/C8H17N/c1-6(2)7-4-8(5-7)9-3/h6-9H,4-5H2,1-3H3/t7-,8-. The van der Waals surface area contributed by atoms with Gasteiger partial charge >= 0.3 is 0 Å². The normalized spacial score (nSPS) is 34.7. The highest BCUT2D eigenvalue weighted by Crippen LogP contribution is 2.32. The molecule has 0 spiro atoms. The molecule has 1 aliphatic rings. The van der Waals surface area contributed by atoms with E-state index in [9.17, 15) is 0 Å². The molecule has 1 saturated carbocycles. The zero-order valence-corrected chi connectivity index (χ0v) is 6.65. The molecule has 0 amide bonds. The molecular formula is C8H17N. The first-order valence-corrected chi connectivity index (χ1v) is 3.91. The summed E-state index contributed by atoms with van der Waals surface area (Å²) in [5.74, 6) is 1.90. The van der Waals surface area contributed by atoms with Crippen molar-refractivity contribution >= 4 is 0 Å². The van der Waals surface area contributed by atoms with E-state index in [1.165, 1.54) is 12.8 Å². The lowest BCUT2D eigenvalue weighted by Crippen LogP contribution is -2.40. The Labute approximate surface area is 57.8 Å². The third-order valence-electron chi connectivity index (χ3n) is 2.53. The molecule has 9 heavy (non-hydrogen) atoms. The molecule has 1 N–H and O–H groups in total. The predicted octanol–water partition coefficient (Wildman–Crippen LogP) is 1.64. The van der Waals surface area contributed by atoms with Gasteiger partial charge in [0.25, 0.3) is 0 Å². The Morgan fingerprint density at radius 2 is 1.89 bits per heavy atom. The maximum absolute atomic E-state index is 3.29. The predicted molar refractivity (Wildman–Crippen MR) is 40.4 cm³/mol. The molecule has 1 heteroatoms. The summed E-state index contributed by atoms with van der Waals surface area (Å²) in [4.78, 5) is 0. The molecule has 0 aromatic heterocycles. The van der Waals surface area contributed by atoms with Gasteiger partial charge < -0.3 is 5.32 Å². The quantitative estimate of drug-likeness (QED) is 0.594. The van der Waals surface area contributed by atoms with Crippen LogP contribution in [0.1, 0.15) is 26.7 Å². The van der Waals surface area contributed by atoms with Crippen LogP contribution in [0.4, 0.5) is 0 Å². The zero-order chi connectivity index (χ0) is 6.85. The first-order valence-electron chi connectivity index (χ1n) is 3.91. The summed E-state index contributed by atoms with van der Waals surface area (Å²) in [6, 6.07) is 0.831. The van der Waals surface area contributed by atoms with Crippen molar-refractivity contribution in [1.29, 1.82) is 0 Å². The fraction of sp³-hybridized carbons (Fsp3) is 1.00. The Kier molecular flexibility index (Phi) is 2.12. The number of rotatable bonds is 2. The van der Waals surface area contributed by atoms with Crippen LogP contribution in [0.25, 0.3) is 0 Å². The minimum Gasteiger partial charge on any atom is -0.317 e. The van der Waals surface area contributed by atoms with Crippen LogP contribution in [0, 0.1) is 11.8 Å². The summed E-state index contributed by atoms with van der Waals surface area (Å²) < 4.78 is 0. The average Bonchev–Trinajstić information content (AvgIpc) is 1.61. The molecule has 0 bridgehead atoms. The smallest absolute Gasteiger partial charge is 0.00695 e. The van der Waals surface area contributed by atoms with Crippen LogP contribution in [0.5, 0.6) is 0 Å². The highest BCUT2D eigenvalue weighted by Gasteiger charge is 2.29. The van der Waals surface area contributed by atoms with Gasteiger partial charge in [0.15, 0.2) is 0 Å². The number of nitrogens with one attached hydrogen (secondary N) is 1. The second-order valence-corrected chi connectivity index (χ2v) is 3.46. The molecule has 0 aliphatic heterocycles. The van der Waals surface area contributed by atoms with Crippen molar-refractivity contribution in [2.75, 3.05) is 7.05 Å². The molecule has 0 heterocycles. The molecule has 0 atom stereocenters. The molecule has 0 aromatic rings. The largest absolute Gasteiger partial charge is 0.317 e. The van der Waals surface area contributed by atoms with Gasteiger partial charge in [-0.15, -0.1) is 0 Å². The first kappa shape index (κ1) is 7.07. The van der Waals surface area contributed by atoms with Gasteiger partial charge in [-0.05, 0) is 31.7 Å². The number of hydrogen-bond donors (Lipinski definition) is 1. The summed E-state index contributed by atoms with van der Waals surface area (Å²) in [7, 11) is 2.06. The van der Waals surface area contributed by atoms with Crippen molar-refractivity contribution in [1.82, 2.24) is 5.32 Å². The van der Waals surface area contributed by atoms with Crippen molar-refractivity contribution in [3.8, 4) is 0 Å². The van der Waals surface area contributed by atoms with Gasteiger partial charge in [-0.1, -0.05) is 13.8 Å². The minimum absolute atomic E-state index is 0.831. The molecule has 1 nitrogen and oxygen atoms in total. The maximum Gasteiger partial charge on any atom is 0.00695 e. The maximum atomic E-state index is 3.29. The highest BCUT2D eigenvalue weighted by atomic mass is 14.9. The first-order chi connectivity index (χ1) is 4.24. The van der Waals surface area contributed by atoms with E-state index in [2.05, 4.69) is 26.2 Å². The lowest BCUT2D eigenvalue weighted by Gasteiger charge is -2.37. The summed E-state index contributed by atoms with van der Waals surface area (Å²) in [6.45, 7) is 4.63. The third-order valence-corrected chi connectivity index (χ3v) is 2.53. The second-order valence-electron chi connectivity index (χ2n) is 3.46. The Hall–Kier alpha value is -0.0400. The van der Waals surface area contributed by atoms with E-state index in [4.69, 9.17) is 0 Å². The van der Waals surface area contributed by atoms with Crippen molar-refractivity contribution in [2.24, 2.45) is 11.8 Å². The van der Waals surface area contributed by atoms with Gasteiger partial charge in [0.2, 0.25) is 0 Å². The van der Waals surface area contributed by atoms with E-state index in [1.807, 2.05) is 0 Å². The molecular weight excluding hydrogens is 110 g/mol. The molecule has 0 unspecified atom stereocenters. The van der Waals surface area contributed by atoms with Crippen LogP contribution >= 0.6 is 0 Å². The van der Waals surface area contributed by atoms with Gasteiger partial charge in [-0.25, -0.2) is 0 Å². The van der Waals surface area contributed by atoms with Crippen molar-refractivity contribution in [2.45, 2.75) is 32.7 Å². The lowest BCUT2D eigenvalue weighted by molar-refractivity contribution is 0.176. The monoisotopic (exact) mass is 127 g/mol. The van der Waals surface area contributed by atoms with Gasteiger partial charge in [0.05, 0.1) is 0 Å². The van der Waals surface area contributed by atoms with Gasteiger partial charge in [-0.2, -0.15) is 0 Å². The van der Waals surface area contributed by atoms with E-state index in [0.29, 0.717) is 0 Å². The molecule has 0 radical (unpaired) electrons. The van der Waals surface area contributed by atoms with Crippen LogP contribution < -0.4 is 5.32 Å². The Balaban J connectivity index is 2.12. The molecule has 1 rings (SSSR count). The summed E-state index contributed by atoms with van der Waals surface area (Å²) >= 11 is 0. The van der Waals surface area contributed by atoms with Crippen LogP contribution in [0.3, 0.4) is 0 Å².